The van der Waals surface area contributed by atoms with Crippen molar-refractivity contribution in [3.05, 3.63) is 0 Å². The molecule has 4 nitrogen and oxygen atoms in total. The van der Waals surface area contributed by atoms with Gasteiger partial charge in [-0.15, -0.1) is 0 Å². The lowest BCUT2D eigenvalue weighted by molar-refractivity contribution is -0.149. The Balaban J connectivity index is 2.05. The Kier molecular flexibility index (Phi) is 2.51. The smallest absolute Gasteiger partial charge is 0.341 e. The Morgan fingerprint density at radius 1 is 1.60 bits per heavy atom. The summed E-state index contributed by atoms with van der Waals surface area (Å²) in [6.45, 7) is 6.70. The summed E-state index contributed by atoms with van der Waals surface area (Å²) >= 11 is 0. The number of carbonyl (C=O) groups excluding carboxylic acids is 1. The van der Waals surface area contributed by atoms with Crippen LogP contribution in [0.1, 0.15) is 33.6 Å². The molecule has 2 rings (SSSR count). The molecule has 2 saturated heterocycles. The first kappa shape index (κ1) is 10.9. The average Bonchev–Trinajstić information content (AvgIpc) is 2.72. The van der Waals surface area contributed by atoms with Crippen molar-refractivity contribution in [1.29, 1.82) is 0 Å². The molecule has 15 heavy (non-hydrogen) atoms. The van der Waals surface area contributed by atoms with E-state index in [-0.39, 0.29) is 17.7 Å². The molecular weight excluding hydrogens is 196 g/mol. The fourth-order valence-electron chi connectivity index (χ4n) is 2.44. The maximum Gasteiger partial charge on any atom is 0.341 e. The van der Waals surface area contributed by atoms with Gasteiger partial charge in [-0.05, 0) is 20.8 Å². The number of rotatable bonds is 2. The Morgan fingerprint density at radius 3 is 2.93 bits per heavy atom. The zero-order chi connectivity index (χ0) is 11.1. The highest BCUT2D eigenvalue weighted by Gasteiger charge is 2.73. The van der Waals surface area contributed by atoms with Crippen LogP contribution in [-0.4, -0.2) is 36.5 Å². The van der Waals surface area contributed by atoms with Crippen LogP contribution >= 0.6 is 0 Å². The summed E-state index contributed by atoms with van der Waals surface area (Å²) in [5.41, 5.74) is -1.06. The third kappa shape index (κ3) is 1.56. The van der Waals surface area contributed by atoms with Gasteiger partial charge in [0.05, 0.1) is 12.7 Å². The summed E-state index contributed by atoms with van der Waals surface area (Å²) in [4.78, 5) is 11.7. The predicted octanol–water partition coefficient (Wildman–Crippen LogP) is 1.28. The molecule has 86 valence electrons. The van der Waals surface area contributed by atoms with E-state index in [0.29, 0.717) is 13.2 Å². The van der Waals surface area contributed by atoms with Crippen molar-refractivity contribution in [2.75, 3.05) is 13.2 Å². The number of esters is 1. The van der Waals surface area contributed by atoms with Crippen LogP contribution in [0.5, 0.6) is 0 Å². The average molecular weight is 214 g/mol. The zero-order valence-corrected chi connectivity index (χ0v) is 9.54. The minimum absolute atomic E-state index is 0.162. The van der Waals surface area contributed by atoms with Crippen molar-refractivity contribution in [3.8, 4) is 0 Å². The van der Waals surface area contributed by atoms with Gasteiger partial charge in [-0.1, -0.05) is 0 Å². The molecule has 2 aliphatic heterocycles. The van der Waals surface area contributed by atoms with Crippen LogP contribution in [-0.2, 0) is 19.0 Å². The maximum atomic E-state index is 11.7. The topological polar surface area (TPSA) is 48.1 Å². The monoisotopic (exact) mass is 214 g/mol. The molecule has 0 aromatic heterocycles. The molecule has 0 aromatic rings. The lowest BCUT2D eigenvalue weighted by Crippen LogP contribution is -2.39. The summed E-state index contributed by atoms with van der Waals surface area (Å²) < 4.78 is 16.1. The molecule has 4 heteroatoms. The van der Waals surface area contributed by atoms with Crippen LogP contribution < -0.4 is 0 Å². The molecule has 3 atom stereocenters. The molecule has 1 spiro atoms. The third-order valence-corrected chi connectivity index (χ3v) is 3.42. The number of epoxide rings is 1. The van der Waals surface area contributed by atoms with E-state index in [1.165, 1.54) is 0 Å². The van der Waals surface area contributed by atoms with Gasteiger partial charge in [0.2, 0.25) is 0 Å². The molecule has 0 aromatic carbocycles. The molecule has 2 fully saturated rings. The van der Waals surface area contributed by atoms with E-state index in [1.807, 2.05) is 20.8 Å². The van der Waals surface area contributed by atoms with E-state index in [1.54, 1.807) is 0 Å². The van der Waals surface area contributed by atoms with Gasteiger partial charge in [0.1, 0.15) is 5.60 Å². The van der Waals surface area contributed by atoms with E-state index < -0.39 is 5.60 Å². The first-order valence-corrected chi connectivity index (χ1v) is 5.53. The number of carbonyl (C=O) groups is 1. The fraction of sp³-hybridized carbons (Fsp3) is 0.909. The minimum Gasteiger partial charge on any atom is -0.464 e. The van der Waals surface area contributed by atoms with E-state index in [0.717, 1.165) is 12.8 Å². The standard InChI is InChI=1S/C11H18O4/c1-4-13-9(12)10(3)11(15-10)5-6-14-8(2)7-11/h8H,4-7H2,1-3H3. The third-order valence-electron chi connectivity index (χ3n) is 3.42. The van der Waals surface area contributed by atoms with Crippen molar-refractivity contribution in [3.63, 3.8) is 0 Å². The van der Waals surface area contributed by atoms with Crippen molar-refractivity contribution in [2.24, 2.45) is 0 Å². The summed E-state index contributed by atoms with van der Waals surface area (Å²) in [6, 6.07) is 0. The summed E-state index contributed by atoms with van der Waals surface area (Å²) in [5, 5.41) is 0. The Labute approximate surface area is 89.9 Å². The molecule has 0 aliphatic carbocycles. The van der Waals surface area contributed by atoms with Gasteiger partial charge in [0.15, 0.2) is 5.60 Å². The first-order valence-electron chi connectivity index (χ1n) is 5.53. The summed E-state index contributed by atoms with van der Waals surface area (Å²) in [7, 11) is 0. The van der Waals surface area contributed by atoms with Gasteiger partial charge in [-0.2, -0.15) is 0 Å². The number of hydrogen-bond donors (Lipinski definition) is 0. The highest BCUT2D eigenvalue weighted by atomic mass is 16.7. The molecule has 0 radical (unpaired) electrons. The van der Waals surface area contributed by atoms with Gasteiger partial charge in [0.25, 0.3) is 0 Å². The molecule has 3 unspecified atom stereocenters. The van der Waals surface area contributed by atoms with Crippen LogP contribution in [0.4, 0.5) is 0 Å². The Bertz CT molecular complexity index is 278. The van der Waals surface area contributed by atoms with E-state index in [4.69, 9.17) is 14.2 Å². The van der Waals surface area contributed by atoms with Gasteiger partial charge in [-0.3, -0.25) is 0 Å². The highest BCUT2D eigenvalue weighted by Crippen LogP contribution is 2.55. The summed E-state index contributed by atoms with van der Waals surface area (Å²) in [6.07, 6.45) is 1.73. The fourth-order valence-corrected chi connectivity index (χ4v) is 2.44. The van der Waals surface area contributed by atoms with E-state index >= 15 is 0 Å². The SMILES string of the molecule is CCOC(=O)C1(C)OC12CCOC(C)C2. The second-order valence-corrected chi connectivity index (χ2v) is 4.49. The number of ether oxygens (including phenoxy) is 3. The molecule has 0 bridgehead atoms. The van der Waals surface area contributed by atoms with E-state index in [9.17, 15) is 4.79 Å². The normalized spacial score (nSPS) is 44.1. The minimum atomic E-state index is -0.735. The van der Waals surface area contributed by atoms with Crippen LogP contribution in [0, 0.1) is 0 Å². The van der Waals surface area contributed by atoms with Gasteiger partial charge < -0.3 is 14.2 Å². The van der Waals surface area contributed by atoms with Crippen LogP contribution in [0.3, 0.4) is 0 Å². The van der Waals surface area contributed by atoms with Crippen LogP contribution in [0.15, 0.2) is 0 Å². The number of hydrogen-bond acceptors (Lipinski definition) is 4. The van der Waals surface area contributed by atoms with E-state index in [2.05, 4.69) is 0 Å². The van der Waals surface area contributed by atoms with Crippen molar-refractivity contribution in [2.45, 2.75) is 50.9 Å². The lowest BCUT2D eigenvalue weighted by atomic mass is 9.85. The van der Waals surface area contributed by atoms with Crippen LogP contribution in [0.2, 0.25) is 0 Å². The largest absolute Gasteiger partial charge is 0.464 e. The Morgan fingerprint density at radius 2 is 2.33 bits per heavy atom. The van der Waals surface area contributed by atoms with Crippen molar-refractivity contribution >= 4 is 5.97 Å². The van der Waals surface area contributed by atoms with Gasteiger partial charge in [-0.25, -0.2) is 4.79 Å². The second kappa shape index (κ2) is 3.46. The Hall–Kier alpha value is -0.610. The van der Waals surface area contributed by atoms with Crippen LogP contribution in [0.25, 0.3) is 0 Å². The molecule has 2 heterocycles. The highest BCUT2D eigenvalue weighted by molar-refractivity contribution is 5.84. The van der Waals surface area contributed by atoms with Gasteiger partial charge >= 0.3 is 5.97 Å². The maximum absolute atomic E-state index is 11.7. The quantitative estimate of drug-likeness (QED) is 0.513. The van der Waals surface area contributed by atoms with Crippen molar-refractivity contribution in [1.82, 2.24) is 0 Å². The first-order chi connectivity index (χ1) is 7.04. The summed E-state index contributed by atoms with van der Waals surface area (Å²) in [5.74, 6) is -0.237. The molecule has 2 aliphatic rings. The van der Waals surface area contributed by atoms with Gasteiger partial charge in [0, 0.05) is 19.4 Å². The van der Waals surface area contributed by atoms with Crippen molar-refractivity contribution < 1.29 is 19.0 Å². The zero-order valence-electron chi connectivity index (χ0n) is 9.54. The molecular formula is C11H18O4. The molecule has 0 amide bonds. The predicted molar refractivity (Wildman–Crippen MR) is 53.5 cm³/mol. The molecule has 0 saturated carbocycles. The molecule has 0 N–H and O–H groups in total. The second-order valence-electron chi connectivity index (χ2n) is 4.49. The lowest BCUT2D eigenvalue weighted by Gasteiger charge is -2.26.